The summed E-state index contributed by atoms with van der Waals surface area (Å²) in [7, 11) is -2.11. The Morgan fingerprint density at radius 1 is 0.969 bits per heavy atom. The third kappa shape index (κ3) is 4.62. The van der Waals surface area contributed by atoms with Crippen molar-refractivity contribution in [2.45, 2.75) is 30.7 Å². The van der Waals surface area contributed by atoms with Gasteiger partial charge in [-0.2, -0.15) is 0 Å². The molecule has 1 fully saturated rings. The Labute approximate surface area is 188 Å². The Balaban J connectivity index is 1.50. The number of rotatable bonds is 6. The molecule has 3 aromatic rings. The van der Waals surface area contributed by atoms with E-state index in [0.717, 1.165) is 29.7 Å². The fourth-order valence-corrected chi connectivity index (χ4v) is 5.02. The van der Waals surface area contributed by atoms with Crippen LogP contribution in [0.15, 0.2) is 77.7 Å². The van der Waals surface area contributed by atoms with E-state index in [9.17, 15) is 13.2 Å². The number of nitrogens with zero attached hydrogens (tertiary/aromatic N) is 1. The Morgan fingerprint density at radius 2 is 1.62 bits per heavy atom. The van der Waals surface area contributed by atoms with Gasteiger partial charge in [-0.1, -0.05) is 29.8 Å². The first-order valence-corrected chi connectivity index (χ1v) is 12.0. The van der Waals surface area contributed by atoms with Crippen molar-refractivity contribution in [3.63, 3.8) is 0 Å². The van der Waals surface area contributed by atoms with Crippen LogP contribution >= 0.6 is 0 Å². The van der Waals surface area contributed by atoms with Gasteiger partial charge in [0.2, 0.25) is 0 Å². The van der Waals surface area contributed by atoms with Crippen molar-refractivity contribution in [3.05, 3.63) is 89.5 Å². The van der Waals surface area contributed by atoms with Gasteiger partial charge in [-0.25, -0.2) is 8.42 Å². The summed E-state index contributed by atoms with van der Waals surface area (Å²) in [5.74, 6) is 0.680. The highest BCUT2D eigenvalue weighted by Crippen LogP contribution is 2.34. The number of nitrogens with one attached hydrogen (secondary N) is 1. The van der Waals surface area contributed by atoms with Crippen LogP contribution in [0.5, 0.6) is 5.75 Å². The van der Waals surface area contributed by atoms with Gasteiger partial charge in [0, 0.05) is 17.8 Å². The van der Waals surface area contributed by atoms with Crippen LogP contribution in [0.2, 0.25) is 0 Å². The minimum Gasteiger partial charge on any atom is -0.497 e. The second kappa shape index (κ2) is 9.04. The number of aryl methyl sites for hydroxylation is 1. The first-order valence-electron chi connectivity index (χ1n) is 10.5. The number of sulfonamides is 1. The van der Waals surface area contributed by atoms with Crippen LogP contribution in [-0.2, 0) is 10.0 Å². The maximum Gasteiger partial charge on any atom is 0.261 e. The molecule has 0 saturated carbocycles. The second-order valence-electron chi connectivity index (χ2n) is 7.93. The summed E-state index contributed by atoms with van der Waals surface area (Å²) in [5, 5.41) is 0. The van der Waals surface area contributed by atoms with E-state index in [0.29, 0.717) is 17.8 Å². The molecule has 4 rings (SSSR count). The molecule has 32 heavy (non-hydrogen) atoms. The molecule has 1 aliphatic rings. The van der Waals surface area contributed by atoms with Gasteiger partial charge >= 0.3 is 0 Å². The molecule has 6 nitrogen and oxygen atoms in total. The lowest BCUT2D eigenvalue weighted by molar-refractivity contribution is 0.0735. The molecule has 1 amide bonds. The van der Waals surface area contributed by atoms with Gasteiger partial charge in [-0.3, -0.25) is 9.52 Å². The van der Waals surface area contributed by atoms with Gasteiger partial charge in [-0.15, -0.1) is 0 Å². The zero-order chi connectivity index (χ0) is 22.7. The van der Waals surface area contributed by atoms with E-state index < -0.39 is 10.0 Å². The number of carbonyl (C=O) groups excluding carboxylic acids is 1. The fourth-order valence-electron chi connectivity index (χ4n) is 3.96. The lowest BCUT2D eigenvalue weighted by Gasteiger charge is -2.25. The van der Waals surface area contributed by atoms with Crippen LogP contribution in [0.25, 0.3) is 0 Å². The molecule has 1 aliphatic heterocycles. The molecular weight excluding hydrogens is 424 g/mol. The molecule has 0 aromatic heterocycles. The lowest BCUT2D eigenvalue weighted by Crippen LogP contribution is -2.30. The molecule has 1 unspecified atom stereocenters. The third-order valence-electron chi connectivity index (χ3n) is 5.73. The summed E-state index contributed by atoms with van der Waals surface area (Å²) >= 11 is 0. The molecule has 166 valence electrons. The molecule has 7 heteroatoms. The molecule has 0 bridgehead atoms. The summed E-state index contributed by atoms with van der Waals surface area (Å²) in [6, 6.07) is 21.0. The Bertz CT molecular complexity index is 1190. The average molecular weight is 451 g/mol. The zero-order valence-electron chi connectivity index (χ0n) is 18.1. The Hall–Kier alpha value is -3.32. The topological polar surface area (TPSA) is 75.7 Å². The van der Waals surface area contributed by atoms with Crippen LogP contribution < -0.4 is 9.46 Å². The van der Waals surface area contributed by atoms with E-state index in [4.69, 9.17) is 4.74 Å². The maximum atomic E-state index is 13.2. The largest absolute Gasteiger partial charge is 0.497 e. The van der Waals surface area contributed by atoms with Gasteiger partial charge in [-0.05, 0) is 73.9 Å². The molecular formula is C25H26N2O4S. The van der Waals surface area contributed by atoms with Crippen molar-refractivity contribution in [3.8, 4) is 5.75 Å². The van der Waals surface area contributed by atoms with E-state index in [1.54, 1.807) is 31.4 Å². The van der Waals surface area contributed by atoms with E-state index in [-0.39, 0.29) is 16.8 Å². The molecule has 0 radical (unpaired) electrons. The number of carbonyl (C=O) groups is 1. The van der Waals surface area contributed by atoms with Gasteiger partial charge in [0.05, 0.1) is 18.0 Å². The highest BCUT2D eigenvalue weighted by Gasteiger charge is 2.30. The standard InChI is InChI=1S/C25H26N2O4S/c1-18-5-11-21(12-6-18)26-32(29,30)23-15-9-20(10-16-23)25(28)27-17-3-4-24(27)19-7-13-22(31-2)14-8-19/h5-16,24,26H,3-4,17H2,1-2H3. The smallest absolute Gasteiger partial charge is 0.261 e. The molecule has 0 aliphatic carbocycles. The van der Waals surface area contributed by atoms with Crippen LogP contribution in [0.3, 0.4) is 0 Å². The third-order valence-corrected chi connectivity index (χ3v) is 7.13. The van der Waals surface area contributed by atoms with Crippen molar-refractivity contribution in [1.82, 2.24) is 4.90 Å². The van der Waals surface area contributed by atoms with Crippen molar-refractivity contribution in [2.24, 2.45) is 0 Å². The SMILES string of the molecule is COc1ccc(C2CCCN2C(=O)c2ccc(S(=O)(=O)Nc3ccc(C)cc3)cc2)cc1. The minimum atomic E-state index is -3.73. The summed E-state index contributed by atoms with van der Waals surface area (Å²) < 4.78 is 33.2. The highest BCUT2D eigenvalue weighted by atomic mass is 32.2. The lowest BCUT2D eigenvalue weighted by atomic mass is 10.0. The number of ether oxygens (including phenoxy) is 1. The summed E-state index contributed by atoms with van der Waals surface area (Å²) in [4.78, 5) is 15.1. The van der Waals surface area contributed by atoms with E-state index in [2.05, 4.69) is 4.72 Å². The van der Waals surface area contributed by atoms with Gasteiger partial charge in [0.1, 0.15) is 5.75 Å². The monoisotopic (exact) mass is 450 g/mol. The molecule has 3 aromatic carbocycles. The fraction of sp³-hybridized carbons (Fsp3) is 0.240. The second-order valence-corrected chi connectivity index (χ2v) is 9.61. The Kier molecular flexibility index (Phi) is 6.19. The Morgan fingerprint density at radius 3 is 2.25 bits per heavy atom. The van der Waals surface area contributed by atoms with Gasteiger partial charge < -0.3 is 9.64 Å². The molecule has 1 N–H and O–H groups in total. The number of amides is 1. The molecule has 1 atom stereocenters. The van der Waals surface area contributed by atoms with Crippen molar-refractivity contribution >= 4 is 21.6 Å². The van der Waals surface area contributed by atoms with Crippen molar-refractivity contribution in [2.75, 3.05) is 18.4 Å². The van der Waals surface area contributed by atoms with E-state index >= 15 is 0 Å². The highest BCUT2D eigenvalue weighted by molar-refractivity contribution is 7.92. The molecule has 1 heterocycles. The quantitative estimate of drug-likeness (QED) is 0.586. The van der Waals surface area contributed by atoms with Gasteiger partial charge in [0.25, 0.3) is 15.9 Å². The number of likely N-dealkylation sites (tertiary alicyclic amines) is 1. The predicted octanol–water partition coefficient (Wildman–Crippen LogP) is 4.78. The molecule has 1 saturated heterocycles. The van der Waals surface area contributed by atoms with E-state index in [1.807, 2.05) is 48.2 Å². The average Bonchev–Trinajstić information content (AvgIpc) is 3.30. The first kappa shape index (κ1) is 21.9. The minimum absolute atomic E-state index is 0.0000179. The predicted molar refractivity (Wildman–Crippen MR) is 124 cm³/mol. The van der Waals surface area contributed by atoms with Crippen LogP contribution in [0, 0.1) is 6.92 Å². The normalized spacial score (nSPS) is 16.1. The number of hydrogen-bond donors (Lipinski definition) is 1. The number of benzene rings is 3. The summed E-state index contributed by atoms with van der Waals surface area (Å²) in [6.07, 6.45) is 1.82. The summed E-state index contributed by atoms with van der Waals surface area (Å²) in [5.41, 5.74) is 3.08. The number of hydrogen-bond acceptors (Lipinski definition) is 4. The van der Waals surface area contributed by atoms with Crippen molar-refractivity contribution in [1.29, 1.82) is 0 Å². The summed E-state index contributed by atoms with van der Waals surface area (Å²) in [6.45, 7) is 2.61. The zero-order valence-corrected chi connectivity index (χ0v) is 18.9. The van der Waals surface area contributed by atoms with Crippen LogP contribution in [0.1, 0.15) is 40.4 Å². The number of anilines is 1. The van der Waals surface area contributed by atoms with E-state index in [1.165, 1.54) is 12.1 Å². The van der Waals surface area contributed by atoms with Crippen LogP contribution in [0.4, 0.5) is 5.69 Å². The first-order chi connectivity index (χ1) is 15.4. The van der Waals surface area contributed by atoms with Crippen LogP contribution in [-0.4, -0.2) is 32.9 Å². The van der Waals surface area contributed by atoms with Crippen molar-refractivity contribution < 1.29 is 17.9 Å². The maximum absolute atomic E-state index is 13.2. The number of methoxy groups -OCH3 is 1. The van der Waals surface area contributed by atoms with Gasteiger partial charge in [0.15, 0.2) is 0 Å². The molecule has 0 spiro atoms.